The van der Waals surface area contributed by atoms with Gasteiger partial charge in [0.25, 0.3) is 0 Å². The topological polar surface area (TPSA) is 3.24 Å². The van der Waals surface area contributed by atoms with Gasteiger partial charge in [-0.25, -0.2) is 0 Å². The molecule has 2 aliphatic rings. The molecule has 0 aromatic rings. The van der Waals surface area contributed by atoms with Crippen LogP contribution in [0, 0.1) is 5.92 Å². The molecule has 2 aliphatic heterocycles. The van der Waals surface area contributed by atoms with E-state index in [1.165, 1.54) is 28.8 Å². The maximum Gasteiger partial charge on any atom is 0.0534 e. The zero-order chi connectivity index (χ0) is 13.5. The van der Waals surface area contributed by atoms with Crippen molar-refractivity contribution in [2.45, 2.75) is 46.1 Å². The van der Waals surface area contributed by atoms with Crippen LogP contribution in [-0.4, -0.2) is 22.7 Å². The fourth-order valence-corrected chi connectivity index (χ4v) is 3.55. The second-order valence-corrected chi connectivity index (χ2v) is 6.57. The summed E-state index contributed by atoms with van der Waals surface area (Å²) in [6.07, 6.45) is 4.76. The van der Waals surface area contributed by atoms with Crippen molar-refractivity contribution in [1.29, 1.82) is 0 Å². The number of hydrogen-bond donors (Lipinski definition) is 1. The van der Waals surface area contributed by atoms with Gasteiger partial charge in [0.15, 0.2) is 0 Å². The van der Waals surface area contributed by atoms with Crippen LogP contribution in [-0.2, 0) is 0 Å². The molecule has 2 rings (SSSR count). The van der Waals surface area contributed by atoms with Crippen molar-refractivity contribution in [3.63, 3.8) is 0 Å². The van der Waals surface area contributed by atoms with E-state index in [4.69, 9.17) is 0 Å². The first kappa shape index (κ1) is 13.8. The lowest BCUT2D eigenvalue weighted by molar-refractivity contribution is 0.191. The molecule has 0 radical (unpaired) electrons. The third-order valence-electron chi connectivity index (χ3n) is 4.04. The van der Waals surface area contributed by atoms with Crippen molar-refractivity contribution >= 4 is 12.6 Å². The Hall–Kier alpha value is -0.630. The van der Waals surface area contributed by atoms with Crippen molar-refractivity contribution in [3.05, 3.63) is 35.1 Å². The molecule has 2 heterocycles. The fourth-order valence-electron chi connectivity index (χ4n) is 3.29. The van der Waals surface area contributed by atoms with E-state index in [2.05, 4.69) is 57.9 Å². The minimum absolute atomic E-state index is 0.0924. The third kappa shape index (κ3) is 2.16. The molecule has 0 aliphatic carbocycles. The van der Waals surface area contributed by atoms with E-state index in [1.807, 2.05) is 0 Å². The zero-order valence-corrected chi connectivity index (χ0v) is 13.0. The van der Waals surface area contributed by atoms with E-state index >= 15 is 0 Å². The number of nitrogens with zero attached hydrogens (tertiary/aromatic N) is 1. The van der Waals surface area contributed by atoms with Gasteiger partial charge in [0, 0.05) is 18.0 Å². The maximum absolute atomic E-state index is 4.53. The smallest absolute Gasteiger partial charge is 0.0534 e. The van der Waals surface area contributed by atoms with Crippen molar-refractivity contribution in [1.82, 2.24) is 4.90 Å². The van der Waals surface area contributed by atoms with Gasteiger partial charge in [-0.1, -0.05) is 26.5 Å². The SMILES string of the molecule is C=C1CCCN2C1=C(C(C)C)C(CS)=CC2(C)C. The largest absolute Gasteiger partial charge is 0.362 e. The van der Waals surface area contributed by atoms with Gasteiger partial charge in [0.05, 0.1) is 5.54 Å². The van der Waals surface area contributed by atoms with Crippen LogP contribution in [0.15, 0.2) is 35.1 Å². The van der Waals surface area contributed by atoms with Gasteiger partial charge in [-0.15, -0.1) is 0 Å². The normalized spacial score (nSPS) is 23.3. The molecular weight excluding hydrogens is 238 g/mol. The standard InChI is InChI=1S/C16H25NS/c1-11(2)14-13(10-18)9-16(4,5)17-8-6-7-12(3)15(14)17/h9,11,18H,3,6-8,10H2,1-2,4-5H3. The van der Waals surface area contributed by atoms with Crippen LogP contribution in [0.25, 0.3) is 0 Å². The minimum Gasteiger partial charge on any atom is -0.362 e. The molecule has 1 nitrogen and oxygen atoms in total. The predicted molar refractivity (Wildman–Crippen MR) is 83.0 cm³/mol. The van der Waals surface area contributed by atoms with E-state index in [9.17, 15) is 0 Å². The lowest BCUT2D eigenvalue weighted by Crippen LogP contribution is -2.48. The zero-order valence-electron chi connectivity index (χ0n) is 12.1. The summed E-state index contributed by atoms with van der Waals surface area (Å²) in [5.74, 6) is 1.36. The monoisotopic (exact) mass is 263 g/mol. The number of rotatable bonds is 2. The highest BCUT2D eigenvalue weighted by Crippen LogP contribution is 2.43. The number of piperidine rings is 1. The number of hydrogen-bond acceptors (Lipinski definition) is 2. The molecule has 0 amide bonds. The second kappa shape index (κ2) is 4.80. The van der Waals surface area contributed by atoms with Crippen molar-refractivity contribution in [2.24, 2.45) is 5.92 Å². The first-order chi connectivity index (χ1) is 8.38. The summed E-state index contributed by atoms with van der Waals surface area (Å²) >= 11 is 4.53. The molecule has 1 fully saturated rings. The van der Waals surface area contributed by atoms with Crippen LogP contribution in [0.1, 0.15) is 40.5 Å². The Bertz CT molecular complexity index is 426. The Labute approximate surface area is 117 Å². The molecule has 1 saturated heterocycles. The van der Waals surface area contributed by atoms with Gasteiger partial charge in [-0.2, -0.15) is 12.6 Å². The predicted octanol–water partition coefficient (Wildman–Crippen LogP) is 4.20. The summed E-state index contributed by atoms with van der Waals surface area (Å²) in [5.41, 5.74) is 5.68. The number of thiol groups is 1. The average molecular weight is 263 g/mol. The molecule has 18 heavy (non-hydrogen) atoms. The molecule has 0 aromatic heterocycles. The van der Waals surface area contributed by atoms with E-state index < -0.39 is 0 Å². The lowest BCUT2D eigenvalue weighted by Gasteiger charge is -2.48. The molecule has 2 heteroatoms. The van der Waals surface area contributed by atoms with Gasteiger partial charge in [-0.05, 0) is 49.3 Å². The van der Waals surface area contributed by atoms with E-state index in [0.717, 1.165) is 18.7 Å². The van der Waals surface area contributed by atoms with E-state index in [-0.39, 0.29) is 5.54 Å². The third-order valence-corrected chi connectivity index (χ3v) is 4.38. The molecule has 0 saturated carbocycles. The molecule has 0 aromatic carbocycles. The van der Waals surface area contributed by atoms with Crippen LogP contribution >= 0.6 is 12.6 Å². The van der Waals surface area contributed by atoms with E-state index in [1.54, 1.807) is 0 Å². The Morgan fingerprint density at radius 1 is 1.44 bits per heavy atom. The van der Waals surface area contributed by atoms with Crippen LogP contribution in [0.4, 0.5) is 0 Å². The Morgan fingerprint density at radius 2 is 2.11 bits per heavy atom. The summed E-state index contributed by atoms with van der Waals surface area (Å²) in [7, 11) is 0. The highest BCUT2D eigenvalue weighted by molar-refractivity contribution is 7.80. The van der Waals surface area contributed by atoms with Gasteiger partial charge >= 0.3 is 0 Å². The molecule has 100 valence electrons. The summed E-state index contributed by atoms with van der Waals surface area (Å²) in [5, 5.41) is 0. The van der Waals surface area contributed by atoms with Crippen LogP contribution < -0.4 is 0 Å². The molecule has 0 bridgehead atoms. The van der Waals surface area contributed by atoms with E-state index in [0.29, 0.717) is 5.92 Å². The Morgan fingerprint density at radius 3 is 2.67 bits per heavy atom. The van der Waals surface area contributed by atoms with Crippen LogP contribution in [0.5, 0.6) is 0 Å². The van der Waals surface area contributed by atoms with Gasteiger partial charge < -0.3 is 4.90 Å². The molecule has 0 spiro atoms. The second-order valence-electron chi connectivity index (χ2n) is 6.26. The van der Waals surface area contributed by atoms with Crippen molar-refractivity contribution < 1.29 is 0 Å². The Balaban J connectivity index is 2.61. The van der Waals surface area contributed by atoms with Gasteiger partial charge in [0.1, 0.15) is 0 Å². The lowest BCUT2D eigenvalue weighted by atomic mass is 9.80. The fraction of sp³-hybridized carbons (Fsp3) is 0.625. The summed E-state index contributed by atoms with van der Waals surface area (Å²) in [6.45, 7) is 14.6. The number of fused-ring (bicyclic) bond motifs is 1. The molecule has 0 unspecified atom stereocenters. The first-order valence-electron chi connectivity index (χ1n) is 6.91. The molecular formula is C16H25NS. The first-order valence-corrected chi connectivity index (χ1v) is 7.54. The molecule has 0 atom stereocenters. The highest BCUT2D eigenvalue weighted by Gasteiger charge is 2.36. The summed E-state index contributed by atoms with van der Waals surface area (Å²) in [6, 6.07) is 0. The maximum atomic E-state index is 4.53. The van der Waals surface area contributed by atoms with Crippen LogP contribution in [0.3, 0.4) is 0 Å². The molecule has 0 N–H and O–H groups in total. The van der Waals surface area contributed by atoms with Crippen LogP contribution in [0.2, 0.25) is 0 Å². The van der Waals surface area contributed by atoms with Crippen molar-refractivity contribution in [3.8, 4) is 0 Å². The highest BCUT2D eigenvalue weighted by atomic mass is 32.1. The minimum atomic E-state index is 0.0924. The summed E-state index contributed by atoms with van der Waals surface area (Å²) < 4.78 is 0. The van der Waals surface area contributed by atoms with Crippen molar-refractivity contribution in [2.75, 3.05) is 12.3 Å². The quantitative estimate of drug-likeness (QED) is 0.731. The average Bonchev–Trinajstić information content (AvgIpc) is 2.28. The number of allylic oxidation sites excluding steroid dienone is 2. The van der Waals surface area contributed by atoms with Gasteiger partial charge in [-0.3, -0.25) is 0 Å². The summed E-state index contributed by atoms with van der Waals surface area (Å²) in [4.78, 5) is 2.54. The van der Waals surface area contributed by atoms with Gasteiger partial charge in [0.2, 0.25) is 0 Å². The Kier molecular flexibility index (Phi) is 3.68.